The van der Waals surface area contributed by atoms with Crippen LogP contribution in [-0.4, -0.2) is 26.0 Å². The molecule has 1 N–H and O–H groups in total. The highest BCUT2D eigenvalue weighted by Gasteiger charge is 2.18. The molecular weight excluding hydrogens is 282 g/mol. The number of carboxylic acids is 1. The fourth-order valence-electron chi connectivity index (χ4n) is 1.45. The largest absolute Gasteiger partial charge is 0.478 e. The maximum Gasteiger partial charge on any atom is 0.335 e. The van der Waals surface area contributed by atoms with Gasteiger partial charge in [-0.3, -0.25) is 10.1 Å². The second-order valence-electron chi connectivity index (χ2n) is 3.83. The maximum absolute atomic E-state index is 11.0. The van der Waals surface area contributed by atoms with E-state index in [-0.39, 0.29) is 16.1 Å². The van der Waals surface area contributed by atoms with Crippen molar-refractivity contribution in [2.75, 3.05) is 0 Å². The summed E-state index contributed by atoms with van der Waals surface area (Å²) in [4.78, 5) is 29.6. The minimum atomic E-state index is -1.15. The molecule has 0 amide bonds. The van der Waals surface area contributed by atoms with E-state index in [1.54, 1.807) is 13.0 Å². The zero-order valence-corrected chi connectivity index (χ0v) is 11.1. The Balaban J connectivity index is 2.44. The topological polar surface area (TPSA) is 106 Å². The predicted octanol–water partition coefficient (Wildman–Crippen LogP) is 2.54. The first-order valence-corrected chi connectivity index (χ1v) is 6.28. The first-order chi connectivity index (χ1) is 9.47. The van der Waals surface area contributed by atoms with Gasteiger partial charge in [-0.2, -0.15) is 0 Å². The van der Waals surface area contributed by atoms with Crippen LogP contribution in [0.25, 0.3) is 0 Å². The molecule has 1 aromatic carbocycles. The molecule has 102 valence electrons. The maximum atomic E-state index is 11.0. The van der Waals surface area contributed by atoms with Gasteiger partial charge in [0.1, 0.15) is 0 Å². The number of benzene rings is 1. The van der Waals surface area contributed by atoms with Crippen LogP contribution < -0.4 is 0 Å². The lowest BCUT2D eigenvalue weighted by Gasteiger charge is -2.03. The van der Waals surface area contributed by atoms with Gasteiger partial charge in [-0.25, -0.2) is 14.8 Å². The summed E-state index contributed by atoms with van der Waals surface area (Å²) < 4.78 is 0. The van der Waals surface area contributed by atoms with Crippen LogP contribution in [0.4, 0.5) is 5.69 Å². The monoisotopic (exact) mass is 291 g/mol. The van der Waals surface area contributed by atoms with Crippen LogP contribution in [0.5, 0.6) is 0 Å². The highest BCUT2D eigenvalue weighted by molar-refractivity contribution is 7.99. The lowest BCUT2D eigenvalue weighted by atomic mass is 10.2. The zero-order chi connectivity index (χ0) is 14.7. The Morgan fingerprint density at radius 2 is 2.15 bits per heavy atom. The summed E-state index contributed by atoms with van der Waals surface area (Å²) in [5.41, 5.74) is 0.524. The molecule has 1 aromatic heterocycles. The molecule has 0 aliphatic heterocycles. The van der Waals surface area contributed by atoms with E-state index in [0.717, 1.165) is 17.5 Å². The van der Waals surface area contributed by atoms with Crippen molar-refractivity contribution in [3.05, 3.63) is 51.8 Å². The zero-order valence-electron chi connectivity index (χ0n) is 10.3. The minimum Gasteiger partial charge on any atom is -0.478 e. The number of carbonyl (C=O) groups is 1. The molecule has 0 aliphatic rings. The van der Waals surface area contributed by atoms with E-state index in [1.807, 2.05) is 0 Å². The molecule has 20 heavy (non-hydrogen) atoms. The van der Waals surface area contributed by atoms with Gasteiger partial charge in [0.2, 0.25) is 0 Å². The molecule has 8 heteroatoms. The molecule has 0 saturated carbocycles. The smallest absolute Gasteiger partial charge is 0.335 e. The third-order valence-corrected chi connectivity index (χ3v) is 3.30. The fraction of sp³-hybridized carbons (Fsp3) is 0.0833. The molecule has 7 nitrogen and oxygen atoms in total. The van der Waals surface area contributed by atoms with Crippen LogP contribution in [-0.2, 0) is 0 Å². The van der Waals surface area contributed by atoms with Crippen molar-refractivity contribution in [2.45, 2.75) is 17.0 Å². The van der Waals surface area contributed by atoms with Crippen LogP contribution in [0, 0.1) is 17.0 Å². The van der Waals surface area contributed by atoms with E-state index in [0.29, 0.717) is 5.16 Å². The van der Waals surface area contributed by atoms with Crippen molar-refractivity contribution in [2.24, 2.45) is 0 Å². The molecule has 0 spiro atoms. The Bertz CT molecular complexity index is 690. The standard InChI is InChI=1S/C12H9N3O4S/c1-7-4-5-13-12(14-7)20-10-6-8(11(16)17)2-3-9(10)15(18)19/h2-6H,1H3,(H,16,17). The first-order valence-electron chi connectivity index (χ1n) is 5.46. The third kappa shape index (κ3) is 3.09. The molecule has 0 saturated heterocycles. The van der Waals surface area contributed by atoms with Crippen molar-refractivity contribution < 1.29 is 14.8 Å². The van der Waals surface area contributed by atoms with E-state index in [1.165, 1.54) is 24.4 Å². The number of aromatic carboxylic acids is 1. The third-order valence-electron chi connectivity index (χ3n) is 2.38. The Kier molecular flexibility index (Phi) is 3.94. The van der Waals surface area contributed by atoms with Gasteiger partial charge >= 0.3 is 5.97 Å². The number of nitro groups is 1. The normalized spacial score (nSPS) is 10.2. The Morgan fingerprint density at radius 1 is 1.40 bits per heavy atom. The molecule has 2 aromatic rings. The summed E-state index contributed by atoms with van der Waals surface area (Å²) in [7, 11) is 0. The first kappa shape index (κ1) is 13.9. The van der Waals surface area contributed by atoms with Crippen LogP contribution >= 0.6 is 11.8 Å². The number of aryl methyl sites for hydroxylation is 1. The number of rotatable bonds is 4. The van der Waals surface area contributed by atoms with Gasteiger partial charge in [0.25, 0.3) is 5.69 Å². The SMILES string of the molecule is Cc1ccnc(Sc2cc(C(=O)O)ccc2[N+](=O)[O-])n1. The van der Waals surface area contributed by atoms with Crippen molar-refractivity contribution >= 4 is 23.4 Å². The van der Waals surface area contributed by atoms with E-state index >= 15 is 0 Å². The van der Waals surface area contributed by atoms with Crippen LogP contribution in [0.15, 0.2) is 40.5 Å². The van der Waals surface area contributed by atoms with E-state index in [9.17, 15) is 14.9 Å². The molecule has 1 heterocycles. The summed E-state index contributed by atoms with van der Waals surface area (Å²) in [6.45, 7) is 1.77. The van der Waals surface area contributed by atoms with Crippen molar-refractivity contribution in [1.29, 1.82) is 0 Å². The van der Waals surface area contributed by atoms with Gasteiger partial charge in [0.15, 0.2) is 5.16 Å². The molecule has 0 atom stereocenters. The van der Waals surface area contributed by atoms with Gasteiger partial charge in [0.05, 0.1) is 15.4 Å². The number of hydrogen-bond acceptors (Lipinski definition) is 6. The van der Waals surface area contributed by atoms with Crippen LogP contribution in [0.1, 0.15) is 16.1 Å². The van der Waals surface area contributed by atoms with Gasteiger partial charge in [-0.1, -0.05) is 0 Å². The Morgan fingerprint density at radius 3 is 2.75 bits per heavy atom. The number of aromatic nitrogens is 2. The lowest BCUT2D eigenvalue weighted by molar-refractivity contribution is -0.387. The van der Waals surface area contributed by atoms with E-state index in [4.69, 9.17) is 5.11 Å². The van der Waals surface area contributed by atoms with Crippen LogP contribution in [0.2, 0.25) is 0 Å². The number of carboxylic acid groups (broad SMARTS) is 1. The second kappa shape index (κ2) is 5.66. The lowest BCUT2D eigenvalue weighted by Crippen LogP contribution is -1.99. The average molecular weight is 291 g/mol. The summed E-state index contributed by atoms with van der Waals surface area (Å²) in [6, 6.07) is 5.31. The highest BCUT2D eigenvalue weighted by Crippen LogP contribution is 2.33. The van der Waals surface area contributed by atoms with Crippen molar-refractivity contribution in [3.63, 3.8) is 0 Å². The van der Waals surface area contributed by atoms with Gasteiger partial charge in [0, 0.05) is 18.0 Å². The van der Waals surface area contributed by atoms with Gasteiger partial charge in [-0.05, 0) is 36.9 Å². The van der Waals surface area contributed by atoms with Crippen molar-refractivity contribution in [3.8, 4) is 0 Å². The van der Waals surface area contributed by atoms with Crippen LogP contribution in [0.3, 0.4) is 0 Å². The summed E-state index contributed by atoms with van der Waals surface area (Å²) in [5.74, 6) is -1.15. The molecule has 0 fully saturated rings. The molecule has 0 bridgehead atoms. The molecule has 0 aliphatic carbocycles. The number of nitro benzene ring substituents is 1. The molecular formula is C12H9N3O4S. The van der Waals surface area contributed by atoms with Gasteiger partial charge < -0.3 is 5.11 Å². The second-order valence-corrected chi connectivity index (χ2v) is 4.84. The molecule has 2 rings (SSSR count). The number of hydrogen-bond donors (Lipinski definition) is 1. The fourth-order valence-corrected chi connectivity index (χ4v) is 2.39. The van der Waals surface area contributed by atoms with E-state index < -0.39 is 10.9 Å². The Hall–Kier alpha value is -2.48. The Labute approximate surface area is 117 Å². The van der Waals surface area contributed by atoms with Crippen molar-refractivity contribution in [1.82, 2.24) is 9.97 Å². The molecule has 0 radical (unpaired) electrons. The van der Waals surface area contributed by atoms with E-state index in [2.05, 4.69) is 9.97 Å². The highest BCUT2D eigenvalue weighted by atomic mass is 32.2. The quantitative estimate of drug-likeness (QED) is 0.524. The summed E-state index contributed by atoms with van der Waals surface area (Å²) in [6.07, 6.45) is 1.54. The summed E-state index contributed by atoms with van der Waals surface area (Å²) >= 11 is 0.961. The van der Waals surface area contributed by atoms with Gasteiger partial charge in [-0.15, -0.1) is 0 Å². The number of nitrogens with zero attached hydrogens (tertiary/aromatic N) is 3. The molecule has 0 unspecified atom stereocenters. The summed E-state index contributed by atoms with van der Waals surface area (Å²) in [5, 5.41) is 20.2. The average Bonchev–Trinajstić information content (AvgIpc) is 2.38. The predicted molar refractivity (Wildman–Crippen MR) is 70.9 cm³/mol. The minimum absolute atomic E-state index is 0.0225.